The maximum Gasteiger partial charge on any atom is 0.168 e. The van der Waals surface area contributed by atoms with Gasteiger partial charge in [-0.15, -0.1) is 5.10 Å². The number of nitrogens with zero attached hydrogens (tertiary/aromatic N) is 6. The summed E-state index contributed by atoms with van der Waals surface area (Å²) in [5.41, 5.74) is 1.25. The summed E-state index contributed by atoms with van der Waals surface area (Å²) in [5, 5.41) is 22.4. The van der Waals surface area contributed by atoms with Crippen LogP contribution in [0.25, 0.3) is 0 Å². The summed E-state index contributed by atoms with van der Waals surface area (Å²) in [5.74, 6) is 0.912. The Labute approximate surface area is 159 Å². The second-order valence-electron chi connectivity index (χ2n) is 7.30. The van der Waals surface area contributed by atoms with E-state index in [4.69, 9.17) is 4.74 Å². The zero-order chi connectivity index (χ0) is 18.5. The number of aliphatic hydroxyl groups excluding tert-OH is 1. The zero-order valence-corrected chi connectivity index (χ0v) is 15.7. The summed E-state index contributed by atoms with van der Waals surface area (Å²) in [7, 11) is 0. The second-order valence-corrected chi connectivity index (χ2v) is 7.30. The number of likely N-dealkylation sites (tertiary alicyclic amines) is 1. The van der Waals surface area contributed by atoms with Gasteiger partial charge in [-0.25, -0.2) is 4.68 Å². The van der Waals surface area contributed by atoms with Gasteiger partial charge in [0, 0.05) is 32.2 Å². The number of rotatable bonds is 7. The van der Waals surface area contributed by atoms with E-state index < -0.39 is 0 Å². The number of tetrazole rings is 1. The summed E-state index contributed by atoms with van der Waals surface area (Å²) in [6, 6.07) is 10.7. The molecule has 3 heterocycles. The molecule has 2 saturated heterocycles. The molecule has 2 aliphatic heterocycles. The molecule has 0 aliphatic carbocycles. The van der Waals surface area contributed by atoms with Crippen LogP contribution in [0.1, 0.15) is 30.3 Å². The lowest BCUT2D eigenvalue weighted by atomic mass is 10.1. The quantitative estimate of drug-likeness (QED) is 0.766. The highest BCUT2D eigenvalue weighted by Crippen LogP contribution is 2.36. The molecule has 0 amide bonds. The van der Waals surface area contributed by atoms with Crippen LogP contribution in [0.5, 0.6) is 0 Å². The smallest absolute Gasteiger partial charge is 0.168 e. The molecule has 2 atom stereocenters. The monoisotopic (exact) mass is 372 g/mol. The summed E-state index contributed by atoms with van der Waals surface area (Å²) >= 11 is 0. The van der Waals surface area contributed by atoms with Crippen LogP contribution in [0, 0.1) is 0 Å². The number of benzene rings is 1. The van der Waals surface area contributed by atoms with Crippen molar-refractivity contribution in [2.45, 2.75) is 38.0 Å². The van der Waals surface area contributed by atoms with E-state index in [-0.39, 0.29) is 18.7 Å². The predicted octanol–water partition coefficient (Wildman–Crippen LogP) is 0.703. The highest BCUT2D eigenvalue weighted by atomic mass is 16.5. The average Bonchev–Trinajstić information content (AvgIpc) is 3.34. The fourth-order valence-corrected chi connectivity index (χ4v) is 4.11. The fourth-order valence-electron chi connectivity index (χ4n) is 4.11. The molecule has 0 bridgehead atoms. The van der Waals surface area contributed by atoms with Gasteiger partial charge >= 0.3 is 0 Å². The zero-order valence-electron chi connectivity index (χ0n) is 15.7. The summed E-state index contributed by atoms with van der Waals surface area (Å²) in [4.78, 5) is 4.74. The van der Waals surface area contributed by atoms with Crippen LogP contribution in [-0.2, 0) is 17.8 Å². The number of hydrogen-bond acceptors (Lipinski definition) is 7. The lowest BCUT2D eigenvalue weighted by Gasteiger charge is -2.29. The van der Waals surface area contributed by atoms with E-state index >= 15 is 0 Å². The van der Waals surface area contributed by atoms with E-state index in [1.165, 1.54) is 5.56 Å². The number of aromatic nitrogens is 4. The van der Waals surface area contributed by atoms with Gasteiger partial charge in [0.2, 0.25) is 0 Å². The molecule has 2 aliphatic rings. The molecule has 0 saturated carbocycles. The van der Waals surface area contributed by atoms with Gasteiger partial charge in [-0.05, 0) is 28.8 Å². The Morgan fingerprint density at radius 3 is 2.67 bits per heavy atom. The Bertz CT molecular complexity index is 703. The van der Waals surface area contributed by atoms with Gasteiger partial charge in [-0.3, -0.25) is 9.80 Å². The summed E-state index contributed by atoms with van der Waals surface area (Å²) < 4.78 is 7.36. The minimum absolute atomic E-state index is 0.141. The molecule has 0 radical (unpaired) electrons. The molecule has 8 nitrogen and oxygen atoms in total. The number of morpholine rings is 1. The van der Waals surface area contributed by atoms with Gasteiger partial charge in [-0.1, -0.05) is 30.3 Å². The van der Waals surface area contributed by atoms with Crippen molar-refractivity contribution in [2.75, 3.05) is 39.5 Å². The molecular formula is C19H28N6O2. The van der Waals surface area contributed by atoms with Gasteiger partial charge in [0.1, 0.15) is 0 Å². The molecule has 1 aromatic heterocycles. The third-order valence-electron chi connectivity index (χ3n) is 5.65. The molecule has 2 fully saturated rings. The first-order valence-corrected chi connectivity index (χ1v) is 9.82. The number of hydrogen-bond donors (Lipinski definition) is 1. The van der Waals surface area contributed by atoms with Gasteiger partial charge in [0.15, 0.2) is 5.82 Å². The third-order valence-corrected chi connectivity index (χ3v) is 5.65. The predicted molar refractivity (Wildman–Crippen MR) is 99.9 cm³/mol. The van der Waals surface area contributed by atoms with Crippen molar-refractivity contribution in [2.24, 2.45) is 0 Å². The van der Waals surface area contributed by atoms with Crippen LogP contribution in [0.2, 0.25) is 0 Å². The molecule has 4 rings (SSSR count). The van der Waals surface area contributed by atoms with E-state index in [1.807, 2.05) is 10.7 Å². The molecular weight excluding hydrogens is 344 g/mol. The SMILES string of the molecule is OC[C@@H]1CC[C@H](c2nnnn2CCN2CCOCC2)N1Cc1ccccc1. The number of aliphatic hydroxyl groups is 1. The Balaban J connectivity index is 1.47. The van der Waals surface area contributed by atoms with Gasteiger partial charge < -0.3 is 9.84 Å². The van der Waals surface area contributed by atoms with Gasteiger partial charge in [0.05, 0.1) is 32.4 Å². The summed E-state index contributed by atoms with van der Waals surface area (Å²) in [6.45, 7) is 6.20. The maximum atomic E-state index is 9.85. The standard InChI is InChI=1S/C19H28N6O2/c26-15-17-6-7-18(24(17)14-16-4-2-1-3-5-16)19-20-21-22-25(19)9-8-23-10-12-27-13-11-23/h1-5,17-18,26H,6-15H2/t17-,18+/m0/s1. The van der Waals surface area contributed by atoms with Crippen LogP contribution in [0.3, 0.4) is 0 Å². The van der Waals surface area contributed by atoms with Crippen LogP contribution in [0.15, 0.2) is 30.3 Å². The van der Waals surface area contributed by atoms with Crippen LogP contribution in [-0.4, -0.2) is 80.6 Å². The fraction of sp³-hybridized carbons (Fsp3) is 0.632. The van der Waals surface area contributed by atoms with Gasteiger partial charge in [0.25, 0.3) is 0 Å². The minimum atomic E-state index is 0.141. The van der Waals surface area contributed by atoms with Crippen LogP contribution in [0.4, 0.5) is 0 Å². The van der Waals surface area contributed by atoms with Crippen molar-refractivity contribution in [1.82, 2.24) is 30.0 Å². The normalized spacial score (nSPS) is 24.5. The average molecular weight is 372 g/mol. The molecule has 2 aromatic rings. The van der Waals surface area contributed by atoms with E-state index in [2.05, 4.69) is 49.6 Å². The highest BCUT2D eigenvalue weighted by Gasteiger charge is 2.37. The van der Waals surface area contributed by atoms with E-state index in [0.717, 1.165) is 64.6 Å². The highest BCUT2D eigenvalue weighted by molar-refractivity contribution is 5.16. The maximum absolute atomic E-state index is 9.85. The Kier molecular flexibility index (Phi) is 6.08. The Morgan fingerprint density at radius 1 is 1.07 bits per heavy atom. The van der Waals surface area contributed by atoms with Crippen molar-refractivity contribution in [1.29, 1.82) is 0 Å². The largest absolute Gasteiger partial charge is 0.395 e. The molecule has 8 heteroatoms. The van der Waals surface area contributed by atoms with Crippen LogP contribution < -0.4 is 0 Å². The Morgan fingerprint density at radius 2 is 1.89 bits per heavy atom. The first-order valence-electron chi connectivity index (χ1n) is 9.82. The molecule has 0 unspecified atom stereocenters. The van der Waals surface area contributed by atoms with E-state index in [9.17, 15) is 5.11 Å². The van der Waals surface area contributed by atoms with Gasteiger partial charge in [-0.2, -0.15) is 0 Å². The van der Waals surface area contributed by atoms with Crippen LogP contribution >= 0.6 is 0 Å². The summed E-state index contributed by atoms with van der Waals surface area (Å²) in [6.07, 6.45) is 1.93. The molecule has 146 valence electrons. The van der Waals surface area contributed by atoms with E-state index in [1.54, 1.807) is 0 Å². The minimum Gasteiger partial charge on any atom is -0.395 e. The lowest BCUT2D eigenvalue weighted by Crippen LogP contribution is -2.39. The molecule has 0 spiro atoms. The lowest BCUT2D eigenvalue weighted by molar-refractivity contribution is 0.0355. The second kappa shape index (κ2) is 8.88. The van der Waals surface area contributed by atoms with Crippen molar-refractivity contribution in [3.8, 4) is 0 Å². The number of ether oxygens (including phenoxy) is 1. The Hall–Kier alpha value is -1.87. The van der Waals surface area contributed by atoms with Crippen molar-refractivity contribution in [3.05, 3.63) is 41.7 Å². The topological polar surface area (TPSA) is 79.5 Å². The van der Waals surface area contributed by atoms with Crippen molar-refractivity contribution >= 4 is 0 Å². The molecule has 1 aromatic carbocycles. The van der Waals surface area contributed by atoms with Crippen molar-refractivity contribution in [3.63, 3.8) is 0 Å². The van der Waals surface area contributed by atoms with E-state index in [0.29, 0.717) is 0 Å². The molecule has 27 heavy (non-hydrogen) atoms. The third kappa shape index (κ3) is 4.35. The van der Waals surface area contributed by atoms with Crippen molar-refractivity contribution < 1.29 is 9.84 Å². The molecule has 1 N–H and O–H groups in total. The first kappa shape index (κ1) is 18.5. The first-order chi connectivity index (χ1) is 13.3.